The lowest BCUT2D eigenvalue weighted by molar-refractivity contribution is -0.140. The summed E-state index contributed by atoms with van der Waals surface area (Å²) in [6, 6.07) is 20.3. The van der Waals surface area contributed by atoms with Gasteiger partial charge in [-0.1, -0.05) is 60.1 Å². The highest BCUT2D eigenvalue weighted by Crippen LogP contribution is 2.26. The van der Waals surface area contributed by atoms with Crippen LogP contribution in [0.15, 0.2) is 72.8 Å². The quantitative estimate of drug-likeness (QED) is 0.335. The molecule has 0 spiro atoms. The molecular formula is C30H36ClN3O5S. The Morgan fingerprint density at radius 2 is 1.65 bits per heavy atom. The zero-order chi connectivity index (χ0) is 29.4. The number of carbonyl (C=O) groups is 2. The smallest absolute Gasteiger partial charge is 0.244 e. The van der Waals surface area contributed by atoms with Crippen molar-refractivity contribution in [1.29, 1.82) is 0 Å². The van der Waals surface area contributed by atoms with Crippen LogP contribution in [0.5, 0.6) is 5.75 Å². The number of rotatable bonds is 12. The highest BCUT2D eigenvalue weighted by atomic mass is 35.5. The second-order valence-electron chi connectivity index (χ2n) is 9.95. The number of hydrogen-bond acceptors (Lipinski definition) is 5. The molecule has 0 aromatic heterocycles. The highest BCUT2D eigenvalue weighted by molar-refractivity contribution is 7.92. The monoisotopic (exact) mass is 585 g/mol. The van der Waals surface area contributed by atoms with Crippen molar-refractivity contribution >= 4 is 39.1 Å². The fraction of sp³-hybridized carbons (Fsp3) is 0.333. The van der Waals surface area contributed by atoms with Gasteiger partial charge in [0.25, 0.3) is 0 Å². The van der Waals surface area contributed by atoms with Crippen molar-refractivity contribution in [1.82, 2.24) is 10.2 Å². The minimum atomic E-state index is -3.88. The van der Waals surface area contributed by atoms with Gasteiger partial charge in [-0.3, -0.25) is 13.9 Å². The van der Waals surface area contributed by atoms with Crippen molar-refractivity contribution in [2.75, 3.05) is 24.2 Å². The molecular weight excluding hydrogens is 550 g/mol. The van der Waals surface area contributed by atoms with E-state index < -0.39 is 28.5 Å². The number of anilines is 1. The largest absolute Gasteiger partial charge is 0.497 e. The van der Waals surface area contributed by atoms with E-state index in [9.17, 15) is 18.0 Å². The van der Waals surface area contributed by atoms with Gasteiger partial charge < -0.3 is 15.0 Å². The lowest BCUT2D eigenvalue weighted by atomic mass is 10.0. The molecule has 3 rings (SSSR count). The molecule has 0 saturated heterocycles. The van der Waals surface area contributed by atoms with Crippen LogP contribution >= 0.6 is 11.6 Å². The molecule has 0 heterocycles. The molecule has 1 atom stereocenters. The van der Waals surface area contributed by atoms with E-state index in [4.69, 9.17) is 16.3 Å². The minimum Gasteiger partial charge on any atom is -0.497 e. The van der Waals surface area contributed by atoms with Crippen molar-refractivity contribution in [3.05, 3.63) is 94.5 Å². The van der Waals surface area contributed by atoms with Crippen LogP contribution in [0.4, 0.5) is 5.69 Å². The maximum absolute atomic E-state index is 14.1. The molecule has 0 saturated carbocycles. The van der Waals surface area contributed by atoms with E-state index in [1.807, 2.05) is 50.2 Å². The predicted molar refractivity (Wildman–Crippen MR) is 159 cm³/mol. The third-order valence-electron chi connectivity index (χ3n) is 6.31. The van der Waals surface area contributed by atoms with Gasteiger partial charge in [0.1, 0.15) is 18.3 Å². The Morgan fingerprint density at radius 3 is 2.25 bits per heavy atom. The number of amides is 2. The van der Waals surface area contributed by atoms with Gasteiger partial charge in [-0.25, -0.2) is 8.42 Å². The Bertz CT molecular complexity index is 1430. The van der Waals surface area contributed by atoms with Crippen LogP contribution < -0.4 is 14.4 Å². The predicted octanol–water partition coefficient (Wildman–Crippen LogP) is 4.59. The van der Waals surface area contributed by atoms with Gasteiger partial charge in [-0.2, -0.15) is 0 Å². The normalized spacial score (nSPS) is 12.1. The fourth-order valence-corrected chi connectivity index (χ4v) is 5.27. The summed E-state index contributed by atoms with van der Waals surface area (Å²) in [6.07, 6.45) is 1.28. The molecule has 214 valence electrons. The third-order valence-corrected chi connectivity index (χ3v) is 7.86. The first kappa shape index (κ1) is 31.0. The molecule has 0 aliphatic carbocycles. The lowest BCUT2D eigenvalue weighted by Crippen LogP contribution is -2.54. The summed E-state index contributed by atoms with van der Waals surface area (Å²) in [6.45, 7) is 5.05. The Kier molecular flexibility index (Phi) is 10.6. The summed E-state index contributed by atoms with van der Waals surface area (Å²) in [5.41, 5.74) is 2.63. The number of sulfonamides is 1. The third kappa shape index (κ3) is 8.47. The zero-order valence-corrected chi connectivity index (χ0v) is 25.0. The maximum Gasteiger partial charge on any atom is 0.244 e. The van der Waals surface area contributed by atoms with Crippen LogP contribution in [0.25, 0.3) is 0 Å². The topological polar surface area (TPSA) is 96.0 Å². The first-order valence-corrected chi connectivity index (χ1v) is 15.1. The number of aryl methyl sites for hydroxylation is 1. The molecule has 0 bridgehead atoms. The summed E-state index contributed by atoms with van der Waals surface area (Å²) in [5.74, 6) is -0.271. The van der Waals surface area contributed by atoms with Gasteiger partial charge >= 0.3 is 0 Å². The van der Waals surface area contributed by atoms with Crippen molar-refractivity contribution in [3.63, 3.8) is 0 Å². The van der Waals surface area contributed by atoms with E-state index in [-0.39, 0.29) is 30.6 Å². The first-order chi connectivity index (χ1) is 18.9. The van der Waals surface area contributed by atoms with Crippen LogP contribution in [0.3, 0.4) is 0 Å². The molecule has 0 unspecified atom stereocenters. The summed E-state index contributed by atoms with van der Waals surface area (Å²) in [5, 5.41) is 3.31. The number of hydrogen-bond donors (Lipinski definition) is 1. The Morgan fingerprint density at radius 1 is 0.975 bits per heavy atom. The molecule has 0 aliphatic heterocycles. The van der Waals surface area contributed by atoms with E-state index >= 15 is 0 Å². The Hall–Kier alpha value is -3.56. The number of benzene rings is 3. The summed E-state index contributed by atoms with van der Waals surface area (Å²) < 4.78 is 32.1. The fourth-order valence-electron chi connectivity index (χ4n) is 4.25. The molecule has 8 nitrogen and oxygen atoms in total. The van der Waals surface area contributed by atoms with E-state index in [0.29, 0.717) is 10.8 Å². The SMILES string of the molecule is COc1cccc(CN(C(=O)CN(c2ccc(C)c(Cl)c2)S(C)(=O)=O)[C@@H](Cc2ccccc2)C(=O)NC(C)C)c1. The van der Waals surface area contributed by atoms with Gasteiger partial charge in [0, 0.05) is 24.0 Å². The summed E-state index contributed by atoms with van der Waals surface area (Å²) >= 11 is 6.29. The van der Waals surface area contributed by atoms with Crippen LogP contribution in [-0.2, 0) is 32.6 Å². The van der Waals surface area contributed by atoms with Gasteiger partial charge in [0.2, 0.25) is 21.8 Å². The van der Waals surface area contributed by atoms with Crippen molar-refractivity contribution in [3.8, 4) is 5.75 Å². The molecule has 2 amide bonds. The van der Waals surface area contributed by atoms with Crippen LogP contribution in [-0.4, -0.2) is 57.1 Å². The van der Waals surface area contributed by atoms with Gasteiger partial charge in [-0.05, 0) is 61.7 Å². The number of ether oxygens (including phenoxy) is 1. The number of nitrogens with zero attached hydrogens (tertiary/aromatic N) is 2. The molecule has 0 radical (unpaired) electrons. The second-order valence-corrected chi connectivity index (χ2v) is 12.3. The van der Waals surface area contributed by atoms with Crippen LogP contribution in [0.1, 0.15) is 30.5 Å². The average molecular weight is 586 g/mol. The summed E-state index contributed by atoms with van der Waals surface area (Å²) in [7, 11) is -2.33. The summed E-state index contributed by atoms with van der Waals surface area (Å²) in [4.78, 5) is 29.1. The van der Waals surface area contributed by atoms with Gasteiger partial charge in [-0.15, -0.1) is 0 Å². The van der Waals surface area contributed by atoms with E-state index in [0.717, 1.165) is 27.3 Å². The van der Waals surface area contributed by atoms with Gasteiger partial charge in [0.05, 0.1) is 19.1 Å². The van der Waals surface area contributed by atoms with Crippen LogP contribution in [0.2, 0.25) is 5.02 Å². The number of halogens is 1. The van der Waals surface area contributed by atoms with Crippen molar-refractivity contribution < 1.29 is 22.7 Å². The lowest BCUT2D eigenvalue weighted by Gasteiger charge is -2.34. The van der Waals surface area contributed by atoms with E-state index in [2.05, 4.69) is 5.32 Å². The molecule has 0 fully saturated rings. The van der Waals surface area contributed by atoms with E-state index in [1.165, 1.54) is 11.0 Å². The molecule has 0 aliphatic rings. The van der Waals surface area contributed by atoms with Crippen molar-refractivity contribution in [2.45, 2.75) is 45.8 Å². The zero-order valence-electron chi connectivity index (χ0n) is 23.4. The standard InChI is InChI=1S/C30H36ClN3O5S/c1-21(2)32-30(36)28(17-23-10-7-6-8-11-23)33(19-24-12-9-13-26(16-24)39-4)29(35)20-34(40(5,37)38)25-15-14-22(3)27(31)18-25/h6-16,18,21,28H,17,19-20H2,1-5H3,(H,32,36)/t28-/m0/s1. The number of methoxy groups -OCH3 is 1. The maximum atomic E-state index is 14.1. The van der Waals surface area contributed by atoms with E-state index in [1.54, 1.807) is 44.4 Å². The van der Waals surface area contributed by atoms with Gasteiger partial charge in [0.15, 0.2) is 0 Å². The Balaban J connectivity index is 2.08. The number of carbonyl (C=O) groups excluding carboxylic acids is 2. The highest BCUT2D eigenvalue weighted by Gasteiger charge is 2.33. The molecule has 10 heteroatoms. The Labute approximate surface area is 241 Å². The minimum absolute atomic E-state index is 0.0608. The molecule has 3 aromatic rings. The second kappa shape index (κ2) is 13.7. The molecule has 3 aromatic carbocycles. The number of nitrogens with one attached hydrogen (secondary N) is 1. The first-order valence-electron chi connectivity index (χ1n) is 12.9. The average Bonchev–Trinajstić information content (AvgIpc) is 2.90. The van der Waals surface area contributed by atoms with Crippen molar-refractivity contribution in [2.24, 2.45) is 0 Å². The molecule has 40 heavy (non-hydrogen) atoms. The molecule has 1 N–H and O–H groups in total. The van der Waals surface area contributed by atoms with Crippen LogP contribution in [0, 0.1) is 6.92 Å².